The van der Waals surface area contributed by atoms with Gasteiger partial charge in [-0.3, -0.25) is 9.59 Å². The lowest BCUT2D eigenvalue weighted by atomic mass is 10.1. The summed E-state index contributed by atoms with van der Waals surface area (Å²) in [6.07, 6.45) is 2.41. The SMILES string of the molecule is COc1cccc(C=CC(=O)N(C)CC(=O)Nc2ccc(F)cc2)c1OC(F)F. The van der Waals surface area contributed by atoms with Crippen molar-refractivity contribution in [1.29, 1.82) is 0 Å². The number of hydrogen-bond acceptors (Lipinski definition) is 4. The van der Waals surface area contributed by atoms with Crippen molar-refractivity contribution in [3.05, 3.63) is 59.9 Å². The molecule has 0 saturated heterocycles. The molecule has 2 aromatic rings. The highest BCUT2D eigenvalue weighted by molar-refractivity contribution is 5.98. The van der Waals surface area contributed by atoms with Crippen LogP contribution in [-0.4, -0.2) is 44.0 Å². The largest absolute Gasteiger partial charge is 0.493 e. The van der Waals surface area contributed by atoms with Crippen LogP contribution in [0.2, 0.25) is 0 Å². The molecule has 6 nitrogen and oxygen atoms in total. The Morgan fingerprint density at radius 2 is 1.86 bits per heavy atom. The van der Waals surface area contributed by atoms with Gasteiger partial charge in [-0.1, -0.05) is 12.1 Å². The summed E-state index contributed by atoms with van der Waals surface area (Å²) in [5.74, 6) is -1.57. The monoisotopic (exact) mass is 408 g/mol. The Balaban J connectivity index is 2.02. The number of methoxy groups -OCH3 is 1. The highest BCUT2D eigenvalue weighted by Crippen LogP contribution is 2.33. The number of halogens is 3. The van der Waals surface area contributed by atoms with Crippen LogP contribution in [0.15, 0.2) is 48.5 Å². The number of amides is 2. The first-order valence-corrected chi connectivity index (χ1v) is 8.40. The molecule has 0 aliphatic carbocycles. The third kappa shape index (κ3) is 6.56. The van der Waals surface area contributed by atoms with Crippen LogP contribution >= 0.6 is 0 Å². The second-order valence-electron chi connectivity index (χ2n) is 5.84. The third-order valence-electron chi connectivity index (χ3n) is 3.73. The fourth-order valence-electron chi connectivity index (χ4n) is 2.36. The Kier molecular flexibility index (Phi) is 7.64. The van der Waals surface area contributed by atoms with E-state index in [1.807, 2.05) is 0 Å². The van der Waals surface area contributed by atoms with Gasteiger partial charge in [-0.15, -0.1) is 0 Å². The maximum atomic E-state index is 12.9. The maximum absolute atomic E-state index is 12.9. The molecule has 0 aliphatic heterocycles. The van der Waals surface area contributed by atoms with E-state index < -0.39 is 24.2 Å². The van der Waals surface area contributed by atoms with E-state index in [0.717, 1.165) is 11.0 Å². The minimum atomic E-state index is -3.06. The molecule has 29 heavy (non-hydrogen) atoms. The van der Waals surface area contributed by atoms with E-state index in [1.54, 1.807) is 6.07 Å². The predicted molar refractivity (Wildman–Crippen MR) is 101 cm³/mol. The minimum Gasteiger partial charge on any atom is -0.493 e. The van der Waals surface area contributed by atoms with Crippen molar-refractivity contribution in [3.8, 4) is 11.5 Å². The molecular weight excluding hydrogens is 389 g/mol. The predicted octanol–water partition coefficient (Wildman–Crippen LogP) is 3.55. The lowest BCUT2D eigenvalue weighted by molar-refractivity contribution is -0.129. The second kappa shape index (κ2) is 10.2. The topological polar surface area (TPSA) is 67.9 Å². The van der Waals surface area contributed by atoms with E-state index in [-0.39, 0.29) is 23.6 Å². The van der Waals surface area contributed by atoms with Crippen molar-refractivity contribution in [3.63, 3.8) is 0 Å². The molecule has 0 aliphatic rings. The van der Waals surface area contributed by atoms with Crippen LogP contribution in [0.1, 0.15) is 5.56 Å². The van der Waals surface area contributed by atoms with E-state index in [4.69, 9.17) is 4.74 Å². The van der Waals surface area contributed by atoms with Gasteiger partial charge in [0, 0.05) is 24.4 Å². The van der Waals surface area contributed by atoms with Gasteiger partial charge in [-0.25, -0.2) is 4.39 Å². The molecule has 1 N–H and O–H groups in total. The highest BCUT2D eigenvalue weighted by atomic mass is 19.3. The Morgan fingerprint density at radius 3 is 2.48 bits per heavy atom. The molecule has 0 unspecified atom stereocenters. The van der Waals surface area contributed by atoms with Crippen molar-refractivity contribution in [1.82, 2.24) is 4.90 Å². The van der Waals surface area contributed by atoms with E-state index in [0.29, 0.717) is 5.69 Å². The molecule has 0 bridgehead atoms. The Labute approximate surface area is 165 Å². The average molecular weight is 408 g/mol. The van der Waals surface area contributed by atoms with Crippen LogP contribution in [0.4, 0.5) is 18.9 Å². The van der Waals surface area contributed by atoms with Crippen LogP contribution in [0, 0.1) is 5.82 Å². The summed E-state index contributed by atoms with van der Waals surface area (Å²) in [5, 5.41) is 2.53. The van der Waals surface area contributed by atoms with Crippen molar-refractivity contribution >= 4 is 23.6 Å². The van der Waals surface area contributed by atoms with Crippen molar-refractivity contribution in [2.75, 3.05) is 26.0 Å². The number of nitrogens with one attached hydrogen (secondary N) is 1. The van der Waals surface area contributed by atoms with Gasteiger partial charge >= 0.3 is 6.61 Å². The zero-order chi connectivity index (χ0) is 21.4. The minimum absolute atomic E-state index is 0.0897. The number of para-hydroxylation sites is 1. The lowest BCUT2D eigenvalue weighted by Crippen LogP contribution is -2.33. The Morgan fingerprint density at radius 1 is 1.17 bits per heavy atom. The van der Waals surface area contributed by atoms with E-state index in [9.17, 15) is 22.8 Å². The number of benzene rings is 2. The summed E-state index contributed by atoms with van der Waals surface area (Å²) in [4.78, 5) is 25.4. The Hall–Kier alpha value is -3.49. The number of anilines is 1. The number of carbonyl (C=O) groups excluding carboxylic acids is 2. The van der Waals surface area contributed by atoms with Crippen LogP contribution < -0.4 is 14.8 Å². The van der Waals surface area contributed by atoms with E-state index >= 15 is 0 Å². The lowest BCUT2D eigenvalue weighted by Gasteiger charge is -2.15. The van der Waals surface area contributed by atoms with Gasteiger partial charge in [0.15, 0.2) is 11.5 Å². The van der Waals surface area contributed by atoms with Gasteiger partial charge in [0.25, 0.3) is 0 Å². The van der Waals surface area contributed by atoms with E-state index in [1.165, 1.54) is 56.6 Å². The van der Waals surface area contributed by atoms with Crippen LogP contribution in [0.5, 0.6) is 11.5 Å². The quantitative estimate of drug-likeness (QED) is 0.679. The van der Waals surface area contributed by atoms with Crippen LogP contribution in [0.25, 0.3) is 6.08 Å². The summed E-state index contributed by atoms with van der Waals surface area (Å²) in [6, 6.07) is 9.65. The maximum Gasteiger partial charge on any atom is 0.387 e. The molecule has 0 fully saturated rings. The molecule has 2 aromatic carbocycles. The number of likely N-dealkylation sites (N-methyl/N-ethyl adjacent to an activating group) is 1. The van der Waals surface area contributed by atoms with Crippen LogP contribution in [0.3, 0.4) is 0 Å². The first kappa shape index (κ1) is 21.8. The van der Waals surface area contributed by atoms with Gasteiger partial charge in [0.1, 0.15) is 5.82 Å². The number of nitrogens with zero attached hydrogens (tertiary/aromatic N) is 1. The summed E-state index contributed by atoms with van der Waals surface area (Å²) < 4.78 is 47.6. The third-order valence-corrected chi connectivity index (χ3v) is 3.73. The number of ether oxygens (including phenoxy) is 2. The fourth-order valence-corrected chi connectivity index (χ4v) is 2.36. The number of rotatable bonds is 8. The zero-order valence-corrected chi connectivity index (χ0v) is 15.7. The van der Waals surface area contributed by atoms with Gasteiger partial charge < -0.3 is 19.7 Å². The molecule has 0 spiro atoms. The molecule has 2 amide bonds. The molecule has 0 heterocycles. The fraction of sp³-hybridized carbons (Fsp3) is 0.200. The normalized spacial score (nSPS) is 10.8. The molecule has 0 aromatic heterocycles. The summed E-state index contributed by atoms with van der Waals surface area (Å²) >= 11 is 0. The number of carbonyl (C=O) groups is 2. The molecule has 9 heteroatoms. The van der Waals surface area contributed by atoms with Gasteiger partial charge in [0.2, 0.25) is 11.8 Å². The van der Waals surface area contributed by atoms with Crippen molar-refractivity contribution < 1.29 is 32.2 Å². The standard InChI is InChI=1S/C20H19F3N2O4/c1-25(12-17(26)24-15-9-7-14(21)8-10-15)18(27)11-6-13-4-3-5-16(28-2)19(13)29-20(22)23/h3-11,20H,12H2,1-2H3,(H,24,26). The summed E-state index contributed by atoms with van der Waals surface area (Å²) in [7, 11) is 2.71. The second-order valence-corrected chi connectivity index (χ2v) is 5.84. The van der Waals surface area contributed by atoms with Gasteiger partial charge in [0.05, 0.1) is 13.7 Å². The zero-order valence-electron chi connectivity index (χ0n) is 15.7. The molecular formula is C20H19F3N2O4. The first-order valence-electron chi connectivity index (χ1n) is 8.40. The summed E-state index contributed by atoms with van der Waals surface area (Å²) in [5.41, 5.74) is 0.597. The van der Waals surface area contributed by atoms with Gasteiger partial charge in [-0.2, -0.15) is 8.78 Å². The Bertz CT molecular complexity index is 886. The number of alkyl halides is 2. The molecule has 2 rings (SSSR count). The number of hydrogen-bond donors (Lipinski definition) is 1. The molecule has 0 saturated carbocycles. The van der Waals surface area contributed by atoms with E-state index in [2.05, 4.69) is 10.1 Å². The smallest absolute Gasteiger partial charge is 0.387 e. The van der Waals surface area contributed by atoms with Gasteiger partial charge in [-0.05, 0) is 36.4 Å². The average Bonchev–Trinajstić information content (AvgIpc) is 2.68. The van der Waals surface area contributed by atoms with Crippen LogP contribution in [-0.2, 0) is 9.59 Å². The van der Waals surface area contributed by atoms with Crippen molar-refractivity contribution in [2.45, 2.75) is 6.61 Å². The molecule has 154 valence electrons. The van der Waals surface area contributed by atoms with Crippen molar-refractivity contribution in [2.24, 2.45) is 0 Å². The summed E-state index contributed by atoms with van der Waals surface area (Å²) in [6.45, 7) is -3.33. The molecule has 0 radical (unpaired) electrons. The highest BCUT2D eigenvalue weighted by Gasteiger charge is 2.15. The molecule has 0 atom stereocenters. The first-order chi connectivity index (χ1) is 13.8.